The third kappa shape index (κ3) is 9.76. The molecule has 0 N–H and O–H groups in total. The maximum atomic E-state index is 10.7. The standard InChI is InChI=1S/2CHF3O3S.Mo/c2*2-1(3,4)8(5,6)7;/h2*(H,5,6,7);/p-2. The second-order valence-corrected chi connectivity index (χ2v) is 4.54. The Labute approximate surface area is 105 Å². The van der Waals surface area contributed by atoms with Crippen molar-refractivity contribution in [2.24, 2.45) is 0 Å². The van der Waals surface area contributed by atoms with E-state index in [1.807, 2.05) is 0 Å². The van der Waals surface area contributed by atoms with E-state index >= 15 is 0 Å². The van der Waals surface area contributed by atoms with Crippen molar-refractivity contribution in [2.75, 3.05) is 0 Å². The van der Waals surface area contributed by atoms with Crippen LogP contribution in [0.15, 0.2) is 0 Å². The van der Waals surface area contributed by atoms with Crippen molar-refractivity contribution in [3.8, 4) is 0 Å². The van der Waals surface area contributed by atoms with E-state index in [9.17, 15) is 26.3 Å². The van der Waals surface area contributed by atoms with E-state index in [0.717, 1.165) is 0 Å². The fourth-order valence-electron chi connectivity index (χ4n) is 0. The number of alkyl halides is 6. The fourth-order valence-corrected chi connectivity index (χ4v) is 0. The van der Waals surface area contributed by atoms with Gasteiger partial charge in [0.05, 0.1) is 0 Å². The molecule has 0 aliphatic carbocycles. The van der Waals surface area contributed by atoms with E-state index in [1.165, 1.54) is 0 Å². The van der Waals surface area contributed by atoms with Crippen LogP contribution in [0.1, 0.15) is 0 Å². The molecule has 0 rings (SSSR count). The van der Waals surface area contributed by atoms with Gasteiger partial charge >= 0.3 is 11.0 Å². The summed E-state index contributed by atoms with van der Waals surface area (Å²) in [4.78, 5) is 0. The largest absolute Gasteiger partial charge is 0.741 e. The van der Waals surface area contributed by atoms with Crippen LogP contribution in [-0.4, -0.2) is 37.0 Å². The van der Waals surface area contributed by atoms with Gasteiger partial charge in [-0.2, -0.15) is 26.3 Å². The first-order valence-electron chi connectivity index (χ1n) is 2.54. The predicted octanol–water partition coefficient (Wildman–Crippen LogP) is 0.100. The summed E-state index contributed by atoms with van der Waals surface area (Å²) in [7, 11) is -12.2. The first kappa shape index (κ1) is 22.3. The van der Waals surface area contributed by atoms with Gasteiger partial charge in [0, 0.05) is 21.1 Å². The van der Waals surface area contributed by atoms with Crippen LogP contribution in [-0.2, 0) is 41.3 Å². The van der Waals surface area contributed by atoms with Gasteiger partial charge in [-0.05, 0) is 0 Å². The maximum absolute atomic E-state index is 10.7. The molecule has 0 aliphatic rings. The Balaban J connectivity index is -0.000000218. The Bertz CT molecular complexity index is 374. The molecule has 6 nitrogen and oxygen atoms in total. The molecule has 0 amide bonds. The Hall–Kier alpha value is 0.0883. The minimum absolute atomic E-state index is 0. The number of rotatable bonds is 0. The second-order valence-electron chi connectivity index (χ2n) is 1.80. The first-order valence-corrected chi connectivity index (χ1v) is 5.36. The monoisotopic (exact) mass is 396 g/mol. The van der Waals surface area contributed by atoms with E-state index in [-0.39, 0.29) is 21.1 Å². The number of hydrogen-bond donors (Lipinski definition) is 0. The first-order chi connectivity index (χ1) is 6.50. The van der Waals surface area contributed by atoms with Crippen molar-refractivity contribution in [1.29, 1.82) is 0 Å². The van der Waals surface area contributed by atoms with Crippen LogP contribution < -0.4 is 0 Å². The SMILES string of the molecule is O=S(=O)([O-])C(F)(F)F.O=S(=O)([O-])C(F)(F)F.[Mo]. The number of hydrogen-bond acceptors (Lipinski definition) is 6. The Morgan fingerprint density at radius 3 is 0.706 bits per heavy atom. The van der Waals surface area contributed by atoms with Gasteiger partial charge < -0.3 is 9.11 Å². The topological polar surface area (TPSA) is 114 Å². The summed E-state index contributed by atoms with van der Waals surface area (Å²) >= 11 is 0. The van der Waals surface area contributed by atoms with Crippen LogP contribution in [0.25, 0.3) is 0 Å². The molecular weight excluding hydrogens is 394 g/mol. The third-order valence-corrected chi connectivity index (χ3v) is 1.70. The van der Waals surface area contributed by atoms with Crippen LogP contribution >= 0.6 is 0 Å². The van der Waals surface area contributed by atoms with Gasteiger partial charge in [-0.1, -0.05) is 0 Å². The van der Waals surface area contributed by atoms with Gasteiger partial charge in [-0.25, -0.2) is 16.8 Å². The van der Waals surface area contributed by atoms with Crippen LogP contribution in [0.5, 0.6) is 0 Å². The van der Waals surface area contributed by atoms with Crippen molar-refractivity contribution in [2.45, 2.75) is 11.0 Å². The molecular formula is C2F6MoO6S2-2. The Kier molecular flexibility index (Phi) is 8.27. The van der Waals surface area contributed by atoms with E-state index in [1.54, 1.807) is 0 Å². The zero-order valence-electron chi connectivity index (χ0n) is 6.94. The summed E-state index contributed by atoms with van der Waals surface area (Å²) in [6.45, 7) is 0. The molecule has 0 saturated carbocycles. The summed E-state index contributed by atoms with van der Waals surface area (Å²) in [5.41, 5.74) is -11.3. The zero-order chi connectivity index (χ0) is 14.0. The maximum Gasteiger partial charge on any atom is 0.485 e. The van der Waals surface area contributed by atoms with Gasteiger partial charge in [0.1, 0.15) is 0 Å². The molecule has 0 spiro atoms. The molecule has 17 heavy (non-hydrogen) atoms. The van der Waals surface area contributed by atoms with Crippen molar-refractivity contribution < 1.29 is 73.3 Å². The normalized spacial score (nSPS) is 13.2. The molecule has 0 heterocycles. The Morgan fingerprint density at radius 2 is 0.706 bits per heavy atom. The zero-order valence-corrected chi connectivity index (χ0v) is 10.6. The van der Waals surface area contributed by atoms with Crippen LogP contribution in [0, 0.1) is 0 Å². The van der Waals surface area contributed by atoms with Crippen molar-refractivity contribution in [3.05, 3.63) is 0 Å². The van der Waals surface area contributed by atoms with Crippen LogP contribution in [0.3, 0.4) is 0 Å². The molecule has 0 atom stereocenters. The van der Waals surface area contributed by atoms with E-state index in [0.29, 0.717) is 0 Å². The Morgan fingerprint density at radius 1 is 0.647 bits per heavy atom. The summed E-state index contributed by atoms with van der Waals surface area (Å²) < 4.78 is 118. The van der Waals surface area contributed by atoms with Crippen LogP contribution in [0.2, 0.25) is 0 Å². The molecule has 0 bridgehead atoms. The second kappa shape index (κ2) is 6.31. The van der Waals surface area contributed by atoms with E-state index < -0.39 is 31.3 Å². The summed E-state index contributed by atoms with van der Waals surface area (Å²) in [5, 5.41) is 0. The molecule has 0 saturated heterocycles. The van der Waals surface area contributed by atoms with Crippen LogP contribution in [0.4, 0.5) is 26.3 Å². The summed E-state index contributed by atoms with van der Waals surface area (Å²) in [5.74, 6) is 0. The molecule has 0 radical (unpaired) electrons. The van der Waals surface area contributed by atoms with Gasteiger partial charge in [-0.3, -0.25) is 0 Å². The fraction of sp³-hybridized carbons (Fsp3) is 1.00. The van der Waals surface area contributed by atoms with E-state index in [4.69, 9.17) is 25.9 Å². The predicted molar refractivity (Wildman–Crippen MR) is 31.5 cm³/mol. The average molecular weight is 394 g/mol. The van der Waals surface area contributed by atoms with Crippen molar-refractivity contribution in [3.63, 3.8) is 0 Å². The average Bonchev–Trinajstić information content (AvgIpc) is 1.77. The van der Waals surface area contributed by atoms with Crippen molar-refractivity contribution >= 4 is 20.2 Å². The minimum atomic E-state index is -6.09. The molecule has 0 fully saturated rings. The quantitative estimate of drug-likeness (QED) is 0.249. The minimum Gasteiger partial charge on any atom is -0.741 e. The van der Waals surface area contributed by atoms with Gasteiger partial charge in [0.2, 0.25) is 0 Å². The molecule has 0 aromatic carbocycles. The molecule has 0 aliphatic heterocycles. The molecule has 0 aromatic heterocycles. The van der Waals surface area contributed by atoms with Gasteiger partial charge in [0.25, 0.3) is 0 Å². The summed E-state index contributed by atoms with van der Waals surface area (Å²) in [6.07, 6.45) is 0. The van der Waals surface area contributed by atoms with Gasteiger partial charge in [-0.15, -0.1) is 0 Å². The van der Waals surface area contributed by atoms with E-state index in [2.05, 4.69) is 0 Å². The third-order valence-electron chi connectivity index (χ3n) is 0.567. The molecule has 106 valence electrons. The smallest absolute Gasteiger partial charge is 0.485 e. The summed E-state index contributed by atoms with van der Waals surface area (Å²) in [6, 6.07) is 0. The molecule has 15 heteroatoms. The van der Waals surface area contributed by atoms with Gasteiger partial charge in [0.15, 0.2) is 20.2 Å². The molecule has 0 aromatic rings. The molecule has 0 unspecified atom stereocenters. The number of halogens is 6. The van der Waals surface area contributed by atoms with Crippen molar-refractivity contribution in [1.82, 2.24) is 0 Å².